The van der Waals surface area contributed by atoms with E-state index in [4.69, 9.17) is 9.84 Å². The lowest BCUT2D eigenvalue weighted by molar-refractivity contribution is -0.137. The van der Waals surface area contributed by atoms with Crippen molar-refractivity contribution in [3.63, 3.8) is 0 Å². The molecule has 13 heavy (non-hydrogen) atoms. The Kier molecular flexibility index (Phi) is 6.02. The first-order valence-electron chi connectivity index (χ1n) is 4.62. The number of carbonyl (C=O) groups is 1. The molecule has 0 saturated heterocycles. The summed E-state index contributed by atoms with van der Waals surface area (Å²) in [6.45, 7) is 7.71. The molecule has 76 valence electrons. The van der Waals surface area contributed by atoms with Crippen molar-refractivity contribution in [2.45, 2.75) is 45.6 Å². The first kappa shape index (κ1) is 12.0. The SMILES string of the molecule is C=C(CCC(=O)O)OC(C)CCC. The minimum atomic E-state index is -0.812. The molecule has 0 aromatic carbocycles. The Balaban J connectivity index is 3.55. The van der Waals surface area contributed by atoms with E-state index in [1.165, 1.54) is 0 Å². The normalized spacial score (nSPS) is 12.2. The van der Waals surface area contributed by atoms with Crippen molar-refractivity contribution in [3.8, 4) is 0 Å². The molecule has 3 heteroatoms. The van der Waals surface area contributed by atoms with Crippen LogP contribution >= 0.6 is 0 Å². The van der Waals surface area contributed by atoms with Crippen molar-refractivity contribution >= 4 is 5.97 Å². The lowest BCUT2D eigenvalue weighted by Crippen LogP contribution is -2.07. The fourth-order valence-corrected chi connectivity index (χ4v) is 1.06. The number of carboxylic acids is 1. The number of allylic oxidation sites excluding steroid dienone is 1. The van der Waals surface area contributed by atoms with Crippen LogP contribution in [0.5, 0.6) is 0 Å². The predicted molar refractivity (Wildman–Crippen MR) is 51.5 cm³/mol. The zero-order valence-corrected chi connectivity index (χ0v) is 8.38. The maximum Gasteiger partial charge on any atom is 0.303 e. The average Bonchev–Trinajstić information content (AvgIpc) is 2.01. The second-order valence-electron chi connectivity index (χ2n) is 3.15. The Morgan fingerprint density at radius 3 is 2.62 bits per heavy atom. The lowest BCUT2D eigenvalue weighted by Gasteiger charge is -2.14. The van der Waals surface area contributed by atoms with Gasteiger partial charge in [-0.25, -0.2) is 0 Å². The smallest absolute Gasteiger partial charge is 0.303 e. The van der Waals surface area contributed by atoms with Crippen molar-refractivity contribution in [1.82, 2.24) is 0 Å². The van der Waals surface area contributed by atoms with Crippen LogP contribution in [0.2, 0.25) is 0 Å². The Hall–Kier alpha value is -0.990. The van der Waals surface area contributed by atoms with Crippen LogP contribution in [0.4, 0.5) is 0 Å². The van der Waals surface area contributed by atoms with E-state index in [2.05, 4.69) is 13.5 Å². The summed E-state index contributed by atoms with van der Waals surface area (Å²) in [6.07, 6.45) is 2.69. The highest BCUT2D eigenvalue weighted by atomic mass is 16.5. The van der Waals surface area contributed by atoms with Gasteiger partial charge in [0.05, 0.1) is 18.3 Å². The number of hydrogen-bond donors (Lipinski definition) is 1. The van der Waals surface area contributed by atoms with Gasteiger partial charge in [-0.15, -0.1) is 0 Å². The number of rotatable bonds is 7. The van der Waals surface area contributed by atoms with E-state index in [1.54, 1.807) is 0 Å². The van der Waals surface area contributed by atoms with Crippen molar-refractivity contribution in [2.24, 2.45) is 0 Å². The van der Waals surface area contributed by atoms with E-state index >= 15 is 0 Å². The van der Waals surface area contributed by atoms with E-state index in [0.29, 0.717) is 12.2 Å². The molecule has 0 saturated carbocycles. The number of hydrogen-bond acceptors (Lipinski definition) is 2. The second-order valence-corrected chi connectivity index (χ2v) is 3.15. The molecule has 1 unspecified atom stereocenters. The number of aliphatic carboxylic acids is 1. The highest BCUT2D eigenvalue weighted by molar-refractivity contribution is 5.66. The van der Waals surface area contributed by atoms with Gasteiger partial charge < -0.3 is 9.84 Å². The molecular weight excluding hydrogens is 168 g/mol. The van der Waals surface area contributed by atoms with Gasteiger partial charge >= 0.3 is 5.97 Å². The second kappa shape index (κ2) is 6.52. The molecule has 0 heterocycles. The van der Waals surface area contributed by atoms with Crippen molar-refractivity contribution in [2.75, 3.05) is 0 Å². The van der Waals surface area contributed by atoms with E-state index in [1.807, 2.05) is 6.92 Å². The van der Waals surface area contributed by atoms with Gasteiger partial charge in [0.1, 0.15) is 0 Å². The average molecular weight is 186 g/mol. The third-order valence-corrected chi connectivity index (χ3v) is 1.68. The van der Waals surface area contributed by atoms with E-state index in [0.717, 1.165) is 12.8 Å². The first-order chi connectivity index (χ1) is 6.06. The van der Waals surface area contributed by atoms with Gasteiger partial charge in [0, 0.05) is 6.42 Å². The number of ether oxygens (including phenoxy) is 1. The fourth-order valence-electron chi connectivity index (χ4n) is 1.06. The Morgan fingerprint density at radius 2 is 2.15 bits per heavy atom. The largest absolute Gasteiger partial charge is 0.496 e. The summed E-state index contributed by atoms with van der Waals surface area (Å²) in [5.41, 5.74) is 0. The van der Waals surface area contributed by atoms with Gasteiger partial charge in [0.15, 0.2) is 0 Å². The zero-order valence-electron chi connectivity index (χ0n) is 8.38. The Morgan fingerprint density at radius 1 is 1.54 bits per heavy atom. The molecule has 0 aliphatic rings. The maximum absolute atomic E-state index is 10.2. The van der Waals surface area contributed by atoms with Gasteiger partial charge in [-0.1, -0.05) is 19.9 Å². The minimum absolute atomic E-state index is 0.0949. The molecule has 0 aromatic heterocycles. The Bertz CT molecular complexity index is 175. The Labute approximate surface area is 79.4 Å². The van der Waals surface area contributed by atoms with Crippen LogP contribution in [0.25, 0.3) is 0 Å². The first-order valence-corrected chi connectivity index (χ1v) is 4.62. The van der Waals surface area contributed by atoms with E-state index in [9.17, 15) is 4.79 Å². The molecule has 3 nitrogen and oxygen atoms in total. The zero-order chi connectivity index (χ0) is 10.3. The summed E-state index contributed by atoms with van der Waals surface area (Å²) in [7, 11) is 0. The molecule has 1 N–H and O–H groups in total. The monoisotopic (exact) mass is 186 g/mol. The highest BCUT2D eigenvalue weighted by Gasteiger charge is 2.05. The van der Waals surface area contributed by atoms with E-state index in [-0.39, 0.29) is 12.5 Å². The summed E-state index contributed by atoms with van der Waals surface area (Å²) in [4.78, 5) is 10.2. The third kappa shape index (κ3) is 7.37. The van der Waals surface area contributed by atoms with Crippen LogP contribution in [0.1, 0.15) is 39.5 Å². The standard InChI is InChI=1S/C10H18O3/c1-4-5-8(2)13-9(3)6-7-10(11)12/h8H,3-7H2,1-2H3,(H,11,12). The molecule has 0 radical (unpaired) electrons. The van der Waals surface area contributed by atoms with Gasteiger partial charge in [-0.05, 0) is 13.3 Å². The summed E-state index contributed by atoms with van der Waals surface area (Å²) in [6, 6.07) is 0. The minimum Gasteiger partial charge on any atom is -0.496 e. The fraction of sp³-hybridized carbons (Fsp3) is 0.700. The topological polar surface area (TPSA) is 46.5 Å². The molecule has 0 rings (SSSR count). The lowest BCUT2D eigenvalue weighted by atomic mass is 10.2. The molecule has 0 aromatic rings. The van der Waals surface area contributed by atoms with Crippen molar-refractivity contribution < 1.29 is 14.6 Å². The van der Waals surface area contributed by atoms with Gasteiger partial charge in [0.25, 0.3) is 0 Å². The third-order valence-electron chi connectivity index (χ3n) is 1.68. The summed E-state index contributed by atoms with van der Waals surface area (Å²) in [5, 5.41) is 8.40. The number of carboxylic acid groups (broad SMARTS) is 1. The van der Waals surface area contributed by atoms with Crippen LogP contribution in [0.15, 0.2) is 12.3 Å². The molecular formula is C10H18O3. The van der Waals surface area contributed by atoms with Crippen LogP contribution in [-0.2, 0) is 9.53 Å². The highest BCUT2D eigenvalue weighted by Crippen LogP contribution is 2.10. The van der Waals surface area contributed by atoms with Gasteiger partial charge in [-0.2, -0.15) is 0 Å². The van der Waals surface area contributed by atoms with Crippen LogP contribution in [0.3, 0.4) is 0 Å². The summed E-state index contributed by atoms with van der Waals surface area (Å²) >= 11 is 0. The van der Waals surface area contributed by atoms with Crippen LogP contribution in [0, 0.1) is 0 Å². The molecule has 0 aliphatic carbocycles. The quantitative estimate of drug-likeness (QED) is 0.621. The van der Waals surface area contributed by atoms with Crippen LogP contribution < -0.4 is 0 Å². The molecule has 1 atom stereocenters. The predicted octanol–water partition coefficient (Wildman–Crippen LogP) is 2.57. The molecule has 0 bridgehead atoms. The van der Waals surface area contributed by atoms with E-state index < -0.39 is 5.97 Å². The molecule has 0 spiro atoms. The maximum atomic E-state index is 10.2. The van der Waals surface area contributed by atoms with Gasteiger partial charge in [0.2, 0.25) is 0 Å². The van der Waals surface area contributed by atoms with Crippen molar-refractivity contribution in [1.29, 1.82) is 0 Å². The summed E-state index contributed by atoms with van der Waals surface area (Å²) in [5.74, 6) is -0.240. The molecule has 0 fully saturated rings. The van der Waals surface area contributed by atoms with Gasteiger partial charge in [-0.3, -0.25) is 4.79 Å². The van der Waals surface area contributed by atoms with Crippen LogP contribution in [-0.4, -0.2) is 17.2 Å². The molecule has 0 aliphatic heterocycles. The molecule has 0 amide bonds. The van der Waals surface area contributed by atoms with Crippen molar-refractivity contribution in [3.05, 3.63) is 12.3 Å². The summed E-state index contributed by atoms with van der Waals surface area (Å²) < 4.78 is 5.38.